The van der Waals surface area contributed by atoms with Crippen molar-refractivity contribution in [2.24, 2.45) is 11.3 Å². The lowest BCUT2D eigenvalue weighted by Gasteiger charge is -2.18. The highest BCUT2D eigenvalue weighted by atomic mass is 35.5. The second-order valence-corrected chi connectivity index (χ2v) is 13.0. The first-order valence-electron chi connectivity index (χ1n) is 14.0. The van der Waals surface area contributed by atoms with Gasteiger partial charge in [0.25, 0.3) is 5.91 Å². The van der Waals surface area contributed by atoms with E-state index in [0.717, 1.165) is 43.4 Å². The fraction of sp³-hybridized carbons (Fsp3) is 0.571. The number of rotatable bonds is 12. The number of ether oxygens (including phenoxy) is 1. The van der Waals surface area contributed by atoms with Gasteiger partial charge in [-0.2, -0.15) is 18.3 Å². The molecule has 1 aliphatic heterocycles. The second-order valence-electron chi connectivity index (χ2n) is 11.9. The zero-order valence-corrected chi connectivity index (χ0v) is 25.4. The molecule has 14 heteroatoms. The van der Waals surface area contributed by atoms with Crippen LogP contribution < -0.4 is 14.8 Å². The van der Waals surface area contributed by atoms with E-state index in [9.17, 15) is 18.0 Å². The number of aryl methyl sites for hydroxylation is 2. The number of alkyl halides is 3. The minimum Gasteiger partial charge on any atom is -0.477 e. The summed E-state index contributed by atoms with van der Waals surface area (Å²) >= 11 is 7.45. The number of amides is 1. The van der Waals surface area contributed by atoms with Crippen LogP contribution in [-0.2, 0) is 6.54 Å². The van der Waals surface area contributed by atoms with Gasteiger partial charge in [-0.1, -0.05) is 11.6 Å². The first-order valence-corrected chi connectivity index (χ1v) is 15.2. The number of hydrogen-bond acceptors (Lipinski definition) is 7. The Morgan fingerprint density at radius 2 is 2.05 bits per heavy atom. The highest BCUT2D eigenvalue weighted by molar-refractivity contribution is 7.98. The minimum atomic E-state index is -4.21. The predicted molar refractivity (Wildman–Crippen MR) is 154 cm³/mol. The van der Waals surface area contributed by atoms with Gasteiger partial charge in [0.1, 0.15) is 10.2 Å². The highest BCUT2D eigenvalue weighted by Crippen LogP contribution is 2.59. The number of nitrogens with zero attached hydrogens (tertiary/aromatic N) is 5. The van der Waals surface area contributed by atoms with Crippen molar-refractivity contribution in [3.63, 3.8) is 0 Å². The lowest BCUT2D eigenvalue weighted by molar-refractivity contribution is -0.190. The molecule has 3 aromatic heterocycles. The summed E-state index contributed by atoms with van der Waals surface area (Å²) in [4.78, 5) is 17.1. The van der Waals surface area contributed by atoms with Crippen LogP contribution in [0.5, 0.6) is 5.88 Å². The lowest BCUT2D eigenvalue weighted by Crippen LogP contribution is -2.31. The van der Waals surface area contributed by atoms with Crippen LogP contribution in [0.25, 0.3) is 5.82 Å². The molecule has 0 spiro atoms. The molecule has 1 amide bonds. The molecule has 1 atom stereocenters. The van der Waals surface area contributed by atoms with Gasteiger partial charge in [0, 0.05) is 48.1 Å². The SMILES string of the molecule is Cc1cn(CCCC2CNC(C)(C)C2)nc1SNC(=O)c1ccc(-n2ccc(OCCC3(C(F)(F)F)CC3)n2)nc1Cl. The van der Waals surface area contributed by atoms with Crippen LogP contribution in [-0.4, -0.2) is 55.3 Å². The van der Waals surface area contributed by atoms with E-state index in [1.807, 2.05) is 17.8 Å². The first kappa shape index (κ1) is 30.7. The van der Waals surface area contributed by atoms with Gasteiger partial charge in [0.15, 0.2) is 5.82 Å². The molecule has 4 heterocycles. The number of carbonyl (C=O) groups excluding carboxylic acids is 1. The normalized spacial score (nSPS) is 19.2. The number of nitrogens with one attached hydrogen (secondary N) is 2. The van der Waals surface area contributed by atoms with Crippen molar-refractivity contribution in [3.05, 3.63) is 46.9 Å². The Morgan fingerprint density at radius 1 is 1.26 bits per heavy atom. The Balaban J connectivity index is 1.10. The molecular weight excluding hydrogens is 591 g/mol. The fourth-order valence-corrected chi connectivity index (χ4v) is 6.21. The number of hydrogen-bond donors (Lipinski definition) is 2. The quantitative estimate of drug-likeness (QED) is 0.184. The van der Waals surface area contributed by atoms with Gasteiger partial charge in [0.05, 0.1) is 17.6 Å². The van der Waals surface area contributed by atoms with Crippen molar-refractivity contribution in [2.45, 2.75) is 82.6 Å². The van der Waals surface area contributed by atoms with E-state index in [2.05, 4.69) is 39.1 Å². The standard InChI is InChI=1S/C28H35ClF3N7O2S/c1-18-17-38(12-4-5-19-15-26(2,3)33-16-19)36-25(18)42-37-24(40)20-6-7-21(34-23(20)29)39-13-8-22(35-39)41-14-11-27(9-10-27)28(30,31)32/h6-8,13,17,19,33H,4-5,9-12,14-16H2,1-3H3,(H,37,40). The van der Waals surface area contributed by atoms with Gasteiger partial charge in [0.2, 0.25) is 5.88 Å². The van der Waals surface area contributed by atoms with Crippen LogP contribution in [0.2, 0.25) is 5.15 Å². The summed E-state index contributed by atoms with van der Waals surface area (Å²) in [5.41, 5.74) is -0.257. The van der Waals surface area contributed by atoms with E-state index >= 15 is 0 Å². The predicted octanol–water partition coefficient (Wildman–Crippen LogP) is 6.14. The summed E-state index contributed by atoms with van der Waals surface area (Å²) < 4.78 is 50.8. The monoisotopic (exact) mass is 625 g/mol. The van der Waals surface area contributed by atoms with E-state index in [1.165, 1.54) is 23.2 Å². The van der Waals surface area contributed by atoms with Crippen molar-refractivity contribution in [1.82, 2.24) is 34.6 Å². The Labute approximate surface area is 252 Å². The largest absolute Gasteiger partial charge is 0.477 e. The third-order valence-corrected chi connectivity index (χ3v) is 9.14. The van der Waals surface area contributed by atoms with Gasteiger partial charge in [-0.3, -0.25) is 14.2 Å². The van der Waals surface area contributed by atoms with Gasteiger partial charge < -0.3 is 10.1 Å². The van der Waals surface area contributed by atoms with Crippen molar-refractivity contribution in [3.8, 4) is 11.7 Å². The van der Waals surface area contributed by atoms with Crippen LogP contribution in [0.1, 0.15) is 68.3 Å². The summed E-state index contributed by atoms with van der Waals surface area (Å²) in [5, 5.41) is 13.1. The maximum atomic E-state index is 13.1. The maximum absolute atomic E-state index is 13.1. The van der Waals surface area contributed by atoms with Crippen molar-refractivity contribution in [2.75, 3.05) is 13.2 Å². The van der Waals surface area contributed by atoms with Gasteiger partial charge in [-0.15, -0.1) is 5.10 Å². The topological polar surface area (TPSA) is 98.9 Å². The van der Waals surface area contributed by atoms with Crippen molar-refractivity contribution < 1.29 is 22.7 Å². The average molecular weight is 626 g/mol. The van der Waals surface area contributed by atoms with Gasteiger partial charge in [-0.25, -0.2) is 9.67 Å². The number of halogens is 4. The molecule has 3 aromatic rings. The van der Waals surface area contributed by atoms with Crippen LogP contribution in [0.3, 0.4) is 0 Å². The van der Waals surface area contributed by atoms with E-state index in [1.54, 1.807) is 12.3 Å². The van der Waals surface area contributed by atoms with E-state index in [-0.39, 0.29) is 48.0 Å². The average Bonchev–Trinajstić information content (AvgIpc) is 3.24. The molecule has 2 N–H and O–H groups in total. The Kier molecular flexibility index (Phi) is 8.82. The zero-order chi connectivity index (χ0) is 30.1. The molecule has 1 aliphatic carbocycles. The molecule has 0 bridgehead atoms. The summed E-state index contributed by atoms with van der Waals surface area (Å²) in [6.45, 7) is 8.22. The third kappa shape index (κ3) is 7.23. The zero-order valence-electron chi connectivity index (χ0n) is 23.8. The first-order chi connectivity index (χ1) is 19.8. The molecule has 1 unspecified atom stereocenters. The molecule has 0 radical (unpaired) electrons. The number of carbonyl (C=O) groups is 1. The van der Waals surface area contributed by atoms with Crippen LogP contribution in [0, 0.1) is 18.3 Å². The van der Waals surface area contributed by atoms with E-state index < -0.39 is 17.5 Å². The molecule has 228 valence electrons. The van der Waals surface area contributed by atoms with Crippen molar-refractivity contribution >= 4 is 29.5 Å². The van der Waals surface area contributed by atoms with Crippen LogP contribution in [0.4, 0.5) is 13.2 Å². The molecular formula is C28H35ClF3N7O2S. The fourth-order valence-electron chi connectivity index (χ4n) is 5.31. The molecule has 1 saturated carbocycles. The Hall–Kier alpha value is -2.77. The molecule has 0 aromatic carbocycles. The number of pyridine rings is 1. The van der Waals surface area contributed by atoms with E-state index in [0.29, 0.717) is 16.8 Å². The van der Waals surface area contributed by atoms with E-state index in [4.69, 9.17) is 16.3 Å². The molecule has 2 aliphatic rings. The third-order valence-electron chi connectivity index (χ3n) is 7.97. The summed E-state index contributed by atoms with van der Waals surface area (Å²) in [6, 6.07) is 4.65. The lowest BCUT2D eigenvalue weighted by atomic mass is 9.94. The number of aromatic nitrogens is 5. The summed E-state index contributed by atoms with van der Waals surface area (Å²) in [6.07, 6.45) is 2.86. The molecule has 42 heavy (non-hydrogen) atoms. The molecule has 9 nitrogen and oxygen atoms in total. The molecule has 2 fully saturated rings. The summed E-state index contributed by atoms with van der Waals surface area (Å²) in [5.74, 6) is 0.778. The Morgan fingerprint density at radius 3 is 2.71 bits per heavy atom. The highest BCUT2D eigenvalue weighted by Gasteiger charge is 2.62. The van der Waals surface area contributed by atoms with Crippen LogP contribution >= 0.6 is 23.5 Å². The molecule has 5 rings (SSSR count). The van der Waals surface area contributed by atoms with Gasteiger partial charge >= 0.3 is 6.18 Å². The smallest absolute Gasteiger partial charge is 0.394 e. The molecule has 1 saturated heterocycles. The van der Waals surface area contributed by atoms with Gasteiger partial charge in [-0.05, 0) is 83.9 Å². The Bertz CT molecular complexity index is 1420. The maximum Gasteiger partial charge on any atom is 0.394 e. The van der Waals surface area contributed by atoms with Crippen LogP contribution in [0.15, 0.2) is 35.6 Å². The minimum absolute atomic E-state index is 0.0174. The van der Waals surface area contributed by atoms with Crippen molar-refractivity contribution in [1.29, 1.82) is 0 Å². The second kappa shape index (κ2) is 12.1. The summed E-state index contributed by atoms with van der Waals surface area (Å²) in [7, 11) is 0.